The van der Waals surface area contributed by atoms with Crippen LogP contribution < -0.4 is 5.32 Å². The van der Waals surface area contributed by atoms with E-state index in [-0.39, 0.29) is 17.9 Å². The first-order chi connectivity index (χ1) is 9.62. The van der Waals surface area contributed by atoms with E-state index in [0.717, 1.165) is 32.2 Å². The minimum Gasteiger partial charge on any atom is -0.340 e. The van der Waals surface area contributed by atoms with Crippen molar-refractivity contribution in [1.82, 2.24) is 10.2 Å². The van der Waals surface area contributed by atoms with Crippen molar-refractivity contribution < 1.29 is 9.59 Å². The van der Waals surface area contributed by atoms with Gasteiger partial charge in [0, 0.05) is 11.8 Å². The van der Waals surface area contributed by atoms with Crippen molar-refractivity contribution in [2.45, 2.75) is 68.7 Å². The van der Waals surface area contributed by atoms with Gasteiger partial charge in [0.05, 0.1) is 0 Å². The maximum Gasteiger partial charge on any atom is 0.249 e. The summed E-state index contributed by atoms with van der Waals surface area (Å²) in [5, 5.41) is 3.53. The summed E-state index contributed by atoms with van der Waals surface area (Å²) in [6.07, 6.45) is 7.45. The monoisotopic (exact) mass is 296 g/mol. The second kappa shape index (κ2) is 5.58. The second-order valence-corrected chi connectivity index (χ2v) is 7.81. The molecule has 2 unspecified atom stereocenters. The van der Waals surface area contributed by atoms with Gasteiger partial charge in [-0.1, -0.05) is 19.3 Å². The fourth-order valence-corrected chi connectivity index (χ4v) is 5.02. The molecule has 2 saturated heterocycles. The molecule has 2 aliphatic heterocycles. The molecule has 0 aromatic carbocycles. The third kappa shape index (κ3) is 2.45. The largest absolute Gasteiger partial charge is 0.340 e. The maximum absolute atomic E-state index is 12.9. The van der Waals surface area contributed by atoms with Gasteiger partial charge in [-0.15, -0.1) is 0 Å². The van der Waals surface area contributed by atoms with Crippen molar-refractivity contribution in [1.29, 1.82) is 0 Å². The average molecular weight is 296 g/mol. The van der Waals surface area contributed by atoms with Gasteiger partial charge in [0.15, 0.2) is 0 Å². The number of nitrogens with one attached hydrogen (secondary N) is 1. The van der Waals surface area contributed by atoms with Gasteiger partial charge in [-0.05, 0) is 38.4 Å². The number of amides is 2. The number of carbonyl (C=O) groups excluding carboxylic acids is 2. The van der Waals surface area contributed by atoms with Crippen LogP contribution in [0.25, 0.3) is 0 Å². The number of hydrogen-bond donors (Lipinski definition) is 1. The Labute approximate surface area is 125 Å². The molecule has 5 heteroatoms. The van der Waals surface area contributed by atoms with Crippen LogP contribution in [0, 0.1) is 0 Å². The highest BCUT2D eigenvalue weighted by Gasteiger charge is 2.51. The van der Waals surface area contributed by atoms with Crippen molar-refractivity contribution in [3.05, 3.63) is 0 Å². The van der Waals surface area contributed by atoms with Crippen LogP contribution in [0.2, 0.25) is 0 Å². The molecule has 3 rings (SSSR count). The molecular weight excluding hydrogens is 272 g/mol. The van der Waals surface area contributed by atoms with Crippen molar-refractivity contribution in [2.24, 2.45) is 0 Å². The highest BCUT2D eigenvalue weighted by atomic mass is 32.2. The molecule has 2 amide bonds. The van der Waals surface area contributed by atoms with Crippen LogP contribution in [0.5, 0.6) is 0 Å². The normalized spacial score (nSPS) is 33.5. The molecule has 3 aliphatic rings. The van der Waals surface area contributed by atoms with Crippen LogP contribution in [-0.2, 0) is 9.59 Å². The van der Waals surface area contributed by atoms with E-state index in [2.05, 4.69) is 5.32 Å². The van der Waals surface area contributed by atoms with Crippen molar-refractivity contribution >= 4 is 23.6 Å². The summed E-state index contributed by atoms with van der Waals surface area (Å²) < 4.78 is 0. The highest BCUT2D eigenvalue weighted by molar-refractivity contribution is 7.99. The van der Waals surface area contributed by atoms with E-state index < -0.39 is 5.54 Å². The summed E-state index contributed by atoms with van der Waals surface area (Å²) in [6, 6.07) is -0.309. The zero-order chi connectivity index (χ0) is 14.2. The Balaban J connectivity index is 1.75. The Morgan fingerprint density at radius 3 is 2.65 bits per heavy atom. The first-order valence-corrected chi connectivity index (χ1v) is 8.92. The molecule has 1 aliphatic carbocycles. The number of rotatable bonds is 2. The predicted octanol–water partition coefficient (Wildman–Crippen LogP) is 1.93. The standard InChI is InChI=1S/C15H24N2O2S/c1-11-13(18)16-15(7-3-4-8-15)14(19)17(11)10-12-6-2-5-9-20-12/h11-12H,2-10H2,1H3,(H,16,18). The molecular formula is C15H24N2O2S. The van der Waals surface area contributed by atoms with Gasteiger partial charge >= 0.3 is 0 Å². The molecule has 1 saturated carbocycles. The lowest BCUT2D eigenvalue weighted by Gasteiger charge is -2.44. The third-order valence-corrected chi connectivity index (χ3v) is 6.39. The van der Waals surface area contributed by atoms with Gasteiger partial charge in [-0.3, -0.25) is 9.59 Å². The Hall–Kier alpha value is -0.710. The summed E-state index contributed by atoms with van der Waals surface area (Å²) in [6.45, 7) is 2.61. The van der Waals surface area contributed by atoms with Crippen LogP contribution in [-0.4, -0.2) is 45.8 Å². The topological polar surface area (TPSA) is 49.4 Å². The molecule has 0 bridgehead atoms. The van der Waals surface area contributed by atoms with Gasteiger partial charge in [0.1, 0.15) is 11.6 Å². The molecule has 4 nitrogen and oxygen atoms in total. The molecule has 2 atom stereocenters. The Morgan fingerprint density at radius 2 is 2.00 bits per heavy atom. The number of carbonyl (C=O) groups is 2. The van der Waals surface area contributed by atoms with E-state index in [1.54, 1.807) is 0 Å². The predicted molar refractivity (Wildman–Crippen MR) is 80.6 cm³/mol. The lowest BCUT2D eigenvalue weighted by atomic mass is 9.91. The summed E-state index contributed by atoms with van der Waals surface area (Å²) in [5.74, 6) is 1.40. The second-order valence-electron chi connectivity index (χ2n) is 6.40. The smallest absolute Gasteiger partial charge is 0.249 e. The summed E-state index contributed by atoms with van der Waals surface area (Å²) in [4.78, 5) is 27.0. The molecule has 1 spiro atoms. The van der Waals surface area contributed by atoms with Crippen LogP contribution in [0.3, 0.4) is 0 Å². The van der Waals surface area contributed by atoms with Gasteiger partial charge in [0.25, 0.3) is 0 Å². The molecule has 2 heterocycles. The molecule has 20 heavy (non-hydrogen) atoms. The van der Waals surface area contributed by atoms with Crippen LogP contribution in [0.15, 0.2) is 0 Å². The molecule has 3 fully saturated rings. The molecule has 0 radical (unpaired) electrons. The van der Waals surface area contributed by atoms with E-state index in [9.17, 15) is 9.59 Å². The van der Waals surface area contributed by atoms with Gasteiger partial charge in [-0.2, -0.15) is 11.8 Å². The highest BCUT2D eigenvalue weighted by Crippen LogP contribution is 2.36. The summed E-state index contributed by atoms with van der Waals surface area (Å²) >= 11 is 1.97. The first-order valence-electron chi connectivity index (χ1n) is 7.87. The Morgan fingerprint density at radius 1 is 1.25 bits per heavy atom. The first kappa shape index (κ1) is 14.2. The SMILES string of the molecule is CC1C(=O)NC2(CCCC2)C(=O)N1CC1CCCCS1. The summed E-state index contributed by atoms with van der Waals surface area (Å²) in [5.41, 5.74) is -0.567. The van der Waals surface area contributed by atoms with Crippen LogP contribution in [0.4, 0.5) is 0 Å². The Kier molecular flexibility index (Phi) is 3.98. The van der Waals surface area contributed by atoms with E-state index in [1.807, 2.05) is 23.6 Å². The number of piperazine rings is 1. The lowest BCUT2D eigenvalue weighted by Crippen LogP contribution is -2.69. The number of hydrogen-bond acceptors (Lipinski definition) is 3. The minimum atomic E-state index is -0.567. The minimum absolute atomic E-state index is 0.0345. The quantitative estimate of drug-likeness (QED) is 0.847. The zero-order valence-electron chi connectivity index (χ0n) is 12.2. The average Bonchev–Trinajstić information content (AvgIpc) is 2.92. The molecule has 112 valence electrons. The number of thioether (sulfide) groups is 1. The third-order valence-electron chi connectivity index (χ3n) is 5.01. The van der Waals surface area contributed by atoms with Gasteiger partial charge in [0.2, 0.25) is 11.8 Å². The van der Waals surface area contributed by atoms with Crippen LogP contribution in [0.1, 0.15) is 51.9 Å². The Bertz CT molecular complexity index is 401. The fraction of sp³-hybridized carbons (Fsp3) is 0.867. The van der Waals surface area contributed by atoms with E-state index >= 15 is 0 Å². The maximum atomic E-state index is 12.9. The van der Waals surface area contributed by atoms with Crippen molar-refractivity contribution in [3.63, 3.8) is 0 Å². The van der Waals surface area contributed by atoms with E-state index in [0.29, 0.717) is 5.25 Å². The van der Waals surface area contributed by atoms with E-state index in [4.69, 9.17) is 0 Å². The molecule has 0 aromatic heterocycles. The van der Waals surface area contributed by atoms with Crippen molar-refractivity contribution in [2.75, 3.05) is 12.3 Å². The molecule has 0 aromatic rings. The zero-order valence-corrected chi connectivity index (χ0v) is 13.0. The van der Waals surface area contributed by atoms with Gasteiger partial charge < -0.3 is 10.2 Å². The van der Waals surface area contributed by atoms with Crippen molar-refractivity contribution in [3.8, 4) is 0 Å². The lowest BCUT2D eigenvalue weighted by molar-refractivity contribution is -0.154. The summed E-state index contributed by atoms with van der Waals surface area (Å²) in [7, 11) is 0. The van der Waals surface area contributed by atoms with Crippen LogP contribution >= 0.6 is 11.8 Å². The van der Waals surface area contributed by atoms with Gasteiger partial charge in [-0.25, -0.2) is 0 Å². The van der Waals surface area contributed by atoms with E-state index in [1.165, 1.54) is 25.0 Å². The molecule has 1 N–H and O–H groups in total. The number of nitrogens with zero attached hydrogens (tertiary/aromatic N) is 1. The fourth-order valence-electron chi connectivity index (χ4n) is 3.72.